The van der Waals surface area contributed by atoms with E-state index in [1.165, 1.54) is 0 Å². The lowest BCUT2D eigenvalue weighted by molar-refractivity contribution is 1.63. The summed E-state index contributed by atoms with van der Waals surface area (Å²) in [4.78, 5) is 0. The van der Waals surface area contributed by atoms with Gasteiger partial charge in [0.1, 0.15) is 0 Å². The number of benzene rings is 2. The smallest absolute Gasteiger partial charge is 0.0484 e. The summed E-state index contributed by atoms with van der Waals surface area (Å²) in [7, 11) is 0. The summed E-state index contributed by atoms with van der Waals surface area (Å²) in [5, 5.41) is 1.43. The van der Waals surface area contributed by atoms with Crippen molar-refractivity contribution in [1.82, 2.24) is 0 Å². The van der Waals surface area contributed by atoms with Gasteiger partial charge in [0.25, 0.3) is 0 Å². The van der Waals surface area contributed by atoms with Crippen LogP contribution in [0.25, 0.3) is 11.1 Å². The van der Waals surface area contributed by atoms with E-state index in [9.17, 15) is 0 Å². The summed E-state index contributed by atoms with van der Waals surface area (Å²) in [6, 6.07) is 17.4. The van der Waals surface area contributed by atoms with E-state index in [4.69, 9.17) is 23.2 Å². The van der Waals surface area contributed by atoms with E-state index in [2.05, 4.69) is 0 Å². The first-order valence-electron chi connectivity index (χ1n) is 4.94. The molecule has 80 valence electrons. The molecule has 0 radical (unpaired) electrons. The van der Waals surface area contributed by atoms with Crippen molar-refractivity contribution in [2.24, 2.45) is 0 Å². The minimum atomic E-state index is 0.711. The Balaban J connectivity index is 2.28. The molecule has 0 N–H and O–H groups in total. The molecule has 0 aliphatic carbocycles. The van der Waals surface area contributed by atoms with Crippen molar-refractivity contribution in [3.8, 4) is 0 Å². The van der Waals surface area contributed by atoms with Gasteiger partial charge < -0.3 is 0 Å². The summed E-state index contributed by atoms with van der Waals surface area (Å²) in [5.41, 5.74) is 2.05. The third-order valence-electron chi connectivity index (χ3n) is 2.21. The zero-order chi connectivity index (χ0) is 11.4. The molecule has 0 aliphatic rings. The van der Waals surface area contributed by atoms with Gasteiger partial charge in [-0.05, 0) is 29.3 Å². The molecule has 0 nitrogen and oxygen atoms in total. The van der Waals surface area contributed by atoms with Crippen LogP contribution < -0.4 is 0 Å². The molecule has 0 bridgehead atoms. The maximum Gasteiger partial charge on any atom is 0.0484 e. The third kappa shape index (κ3) is 2.88. The van der Waals surface area contributed by atoms with Gasteiger partial charge in [-0.3, -0.25) is 0 Å². The van der Waals surface area contributed by atoms with Crippen molar-refractivity contribution in [3.63, 3.8) is 0 Å². The number of hydrogen-bond acceptors (Lipinski definition) is 0. The average Bonchev–Trinajstić information content (AvgIpc) is 2.31. The van der Waals surface area contributed by atoms with Crippen molar-refractivity contribution in [2.75, 3.05) is 0 Å². The Morgan fingerprint density at radius 2 is 1.50 bits per heavy atom. The van der Waals surface area contributed by atoms with Gasteiger partial charge in [-0.2, -0.15) is 0 Å². The molecule has 0 heterocycles. The molecule has 2 rings (SSSR count). The summed E-state index contributed by atoms with van der Waals surface area (Å²) < 4.78 is 0. The Bertz CT molecular complexity index is 484. The van der Waals surface area contributed by atoms with Crippen LogP contribution in [0.4, 0.5) is 0 Å². The van der Waals surface area contributed by atoms with Crippen molar-refractivity contribution in [1.29, 1.82) is 0 Å². The molecule has 0 aliphatic heterocycles. The van der Waals surface area contributed by atoms with Gasteiger partial charge in [0.05, 0.1) is 0 Å². The molecule has 2 aromatic carbocycles. The molecule has 16 heavy (non-hydrogen) atoms. The second kappa shape index (κ2) is 5.20. The number of hydrogen-bond donors (Lipinski definition) is 0. The lowest BCUT2D eigenvalue weighted by atomic mass is 10.1. The highest BCUT2D eigenvalue weighted by Gasteiger charge is 1.98. The van der Waals surface area contributed by atoms with Gasteiger partial charge in [0.15, 0.2) is 0 Å². The molecule has 0 saturated heterocycles. The van der Waals surface area contributed by atoms with Crippen LogP contribution in [-0.4, -0.2) is 0 Å². The molecule has 0 atom stereocenters. The fourth-order valence-electron chi connectivity index (χ4n) is 1.39. The summed E-state index contributed by atoms with van der Waals surface area (Å²) in [6.07, 6.45) is 1.94. The molecule has 0 aromatic heterocycles. The summed E-state index contributed by atoms with van der Waals surface area (Å²) in [5.74, 6) is 0. The fourth-order valence-corrected chi connectivity index (χ4v) is 1.77. The van der Waals surface area contributed by atoms with Crippen LogP contribution in [0.2, 0.25) is 5.02 Å². The fraction of sp³-hybridized carbons (Fsp3) is 0. The number of rotatable bonds is 2. The lowest BCUT2D eigenvalue weighted by Crippen LogP contribution is -1.77. The molecule has 0 amide bonds. The molecule has 0 unspecified atom stereocenters. The van der Waals surface area contributed by atoms with E-state index in [0.717, 1.165) is 11.1 Å². The standard InChI is InChI=1S/C14H10Cl2/c15-13-8-6-12(7-9-13)14(16)10-11-4-2-1-3-5-11/h1-10H/b14-10-. The van der Waals surface area contributed by atoms with Crippen LogP contribution in [0.1, 0.15) is 11.1 Å². The van der Waals surface area contributed by atoms with Gasteiger partial charge in [-0.15, -0.1) is 0 Å². The number of halogens is 2. The Kier molecular flexibility index (Phi) is 3.66. The predicted octanol–water partition coefficient (Wildman–Crippen LogP) is 5.08. The van der Waals surface area contributed by atoms with E-state index in [-0.39, 0.29) is 0 Å². The first-order chi connectivity index (χ1) is 7.75. The van der Waals surface area contributed by atoms with E-state index in [0.29, 0.717) is 10.1 Å². The second-order valence-corrected chi connectivity index (χ2v) is 4.25. The highest BCUT2D eigenvalue weighted by molar-refractivity contribution is 6.51. The quantitative estimate of drug-likeness (QED) is 0.651. The van der Waals surface area contributed by atoms with E-state index < -0.39 is 0 Å². The van der Waals surface area contributed by atoms with Crippen LogP contribution in [0.5, 0.6) is 0 Å². The van der Waals surface area contributed by atoms with Gasteiger partial charge in [0, 0.05) is 10.1 Å². The highest BCUT2D eigenvalue weighted by atomic mass is 35.5. The minimum absolute atomic E-state index is 0.711. The van der Waals surface area contributed by atoms with Crippen LogP contribution in [0, 0.1) is 0 Å². The molecule has 0 spiro atoms. The van der Waals surface area contributed by atoms with E-state index >= 15 is 0 Å². The normalized spacial score (nSPS) is 11.5. The maximum atomic E-state index is 6.21. The van der Waals surface area contributed by atoms with Crippen molar-refractivity contribution >= 4 is 34.3 Å². The van der Waals surface area contributed by atoms with Crippen molar-refractivity contribution in [2.45, 2.75) is 0 Å². The Labute approximate surface area is 105 Å². The molecular formula is C14H10Cl2. The van der Waals surface area contributed by atoms with E-state index in [1.807, 2.05) is 60.7 Å². The van der Waals surface area contributed by atoms with Crippen LogP contribution in [-0.2, 0) is 0 Å². The Hall–Kier alpha value is -1.24. The summed E-state index contributed by atoms with van der Waals surface area (Å²) >= 11 is 12.0. The first-order valence-corrected chi connectivity index (χ1v) is 5.69. The average molecular weight is 249 g/mol. The van der Waals surface area contributed by atoms with Crippen LogP contribution in [0.3, 0.4) is 0 Å². The molecule has 2 aromatic rings. The third-order valence-corrected chi connectivity index (χ3v) is 2.79. The minimum Gasteiger partial charge on any atom is -0.0843 e. The Morgan fingerprint density at radius 1 is 0.875 bits per heavy atom. The van der Waals surface area contributed by atoms with Crippen LogP contribution >= 0.6 is 23.2 Å². The van der Waals surface area contributed by atoms with Gasteiger partial charge >= 0.3 is 0 Å². The van der Waals surface area contributed by atoms with Gasteiger partial charge in [-0.25, -0.2) is 0 Å². The Morgan fingerprint density at radius 3 is 2.12 bits per heavy atom. The van der Waals surface area contributed by atoms with Gasteiger partial charge in [-0.1, -0.05) is 65.7 Å². The maximum absolute atomic E-state index is 6.21. The molecule has 2 heteroatoms. The molecular weight excluding hydrogens is 239 g/mol. The molecule has 0 fully saturated rings. The lowest BCUT2D eigenvalue weighted by Gasteiger charge is -2.00. The van der Waals surface area contributed by atoms with Crippen LogP contribution in [0.15, 0.2) is 54.6 Å². The zero-order valence-electron chi connectivity index (χ0n) is 8.53. The second-order valence-electron chi connectivity index (χ2n) is 3.41. The SMILES string of the molecule is Cl/C(=C\c1ccccc1)c1ccc(Cl)cc1. The highest BCUT2D eigenvalue weighted by Crippen LogP contribution is 2.23. The first kappa shape index (κ1) is 11.3. The largest absolute Gasteiger partial charge is 0.0843 e. The zero-order valence-corrected chi connectivity index (χ0v) is 10.0. The monoisotopic (exact) mass is 248 g/mol. The van der Waals surface area contributed by atoms with Gasteiger partial charge in [0.2, 0.25) is 0 Å². The van der Waals surface area contributed by atoms with Crippen molar-refractivity contribution < 1.29 is 0 Å². The predicted molar refractivity (Wildman–Crippen MR) is 71.6 cm³/mol. The van der Waals surface area contributed by atoms with E-state index in [1.54, 1.807) is 0 Å². The summed E-state index contributed by atoms with van der Waals surface area (Å²) in [6.45, 7) is 0. The van der Waals surface area contributed by atoms with Crippen molar-refractivity contribution in [3.05, 3.63) is 70.7 Å². The topological polar surface area (TPSA) is 0 Å². The molecule has 0 saturated carbocycles.